The van der Waals surface area contributed by atoms with E-state index in [0.29, 0.717) is 6.54 Å². The molecule has 0 spiro atoms. The van der Waals surface area contributed by atoms with Crippen LogP contribution in [-0.4, -0.2) is 52.4 Å². The largest absolute Gasteiger partial charge is 0.378 e. The van der Waals surface area contributed by atoms with Gasteiger partial charge in [0.25, 0.3) is 0 Å². The molecular formula is C18H27Cl2N7O. The first-order chi connectivity index (χ1) is 12.7. The SMILES string of the molecule is Cc1nnc2c(C(N)CCCN)nc3cc(N4CCOCC4)ccc3n12.Cl.Cl. The van der Waals surface area contributed by atoms with Gasteiger partial charge in [-0.25, -0.2) is 4.98 Å². The minimum Gasteiger partial charge on any atom is -0.378 e. The van der Waals surface area contributed by atoms with Crippen molar-refractivity contribution in [1.82, 2.24) is 19.6 Å². The normalized spacial score (nSPS) is 15.3. The van der Waals surface area contributed by atoms with Crippen molar-refractivity contribution in [3.63, 3.8) is 0 Å². The van der Waals surface area contributed by atoms with Crippen LogP contribution in [0.2, 0.25) is 0 Å². The van der Waals surface area contributed by atoms with Crippen molar-refractivity contribution in [3.8, 4) is 0 Å². The summed E-state index contributed by atoms with van der Waals surface area (Å²) in [6.07, 6.45) is 1.63. The quantitative estimate of drug-likeness (QED) is 0.640. The molecule has 1 aromatic carbocycles. The van der Waals surface area contributed by atoms with E-state index < -0.39 is 0 Å². The van der Waals surface area contributed by atoms with Gasteiger partial charge in [0.15, 0.2) is 5.65 Å². The van der Waals surface area contributed by atoms with Crippen LogP contribution in [-0.2, 0) is 4.74 Å². The number of anilines is 1. The van der Waals surface area contributed by atoms with Gasteiger partial charge < -0.3 is 21.1 Å². The lowest BCUT2D eigenvalue weighted by molar-refractivity contribution is 0.122. The number of hydrogen-bond acceptors (Lipinski definition) is 7. The van der Waals surface area contributed by atoms with Gasteiger partial charge in [-0.1, -0.05) is 0 Å². The Balaban J connectivity index is 0.00000140. The molecule has 0 amide bonds. The standard InChI is InChI=1S/C18H25N7O.2ClH/c1-12-22-23-18-17(14(20)3-2-6-19)21-15-11-13(4-5-16(15)25(12)18)24-7-9-26-10-8-24;;/h4-5,11,14H,2-3,6-10,19-20H2,1H3;2*1H. The zero-order valence-corrected chi connectivity index (χ0v) is 17.5. The van der Waals surface area contributed by atoms with E-state index >= 15 is 0 Å². The topological polar surface area (TPSA) is 108 Å². The number of aromatic nitrogens is 4. The zero-order valence-electron chi connectivity index (χ0n) is 15.9. The van der Waals surface area contributed by atoms with Crippen LogP contribution in [0.3, 0.4) is 0 Å². The number of halogens is 2. The Morgan fingerprint density at radius 1 is 1.18 bits per heavy atom. The molecular weight excluding hydrogens is 401 g/mol. The summed E-state index contributed by atoms with van der Waals surface area (Å²) in [6.45, 7) is 5.86. The van der Waals surface area contributed by atoms with Crippen molar-refractivity contribution in [2.75, 3.05) is 37.7 Å². The fourth-order valence-electron chi connectivity index (χ4n) is 3.53. The highest BCUT2D eigenvalue weighted by Crippen LogP contribution is 2.27. The molecule has 0 saturated carbocycles. The van der Waals surface area contributed by atoms with Gasteiger partial charge in [-0.15, -0.1) is 35.0 Å². The van der Waals surface area contributed by atoms with Crippen molar-refractivity contribution in [1.29, 1.82) is 0 Å². The number of rotatable bonds is 5. The lowest BCUT2D eigenvalue weighted by Gasteiger charge is -2.29. The van der Waals surface area contributed by atoms with Crippen LogP contribution in [0.4, 0.5) is 5.69 Å². The minimum atomic E-state index is -0.207. The van der Waals surface area contributed by atoms with Crippen LogP contribution in [0.25, 0.3) is 16.7 Å². The molecule has 1 saturated heterocycles. The number of aryl methyl sites for hydroxylation is 1. The van der Waals surface area contributed by atoms with E-state index in [2.05, 4.69) is 33.3 Å². The molecule has 3 heterocycles. The lowest BCUT2D eigenvalue weighted by Crippen LogP contribution is -2.36. The van der Waals surface area contributed by atoms with Gasteiger partial charge in [0.2, 0.25) is 0 Å². The zero-order chi connectivity index (χ0) is 18.1. The average molecular weight is 428 g/mol. The minimum absolute atomic E-state index is 0. The summed E-state index contributed by atoms with van der Waals surface area (Å²) in [5.74, 6) is 0.832. The third-order valence-corrected chi connectivity index (χ3v) is 4.94. The highest BCUT2D eigenvalue weighted by Gasteiger charge is 2.19. The number of nitrogens with zero attached hydrogens (tertiary/aromatic N) is 5. The molecule has 4 N–H and O–H groups in total. The highest BCUT2D eigenvalue weighted by atomic mass is 35.5. The molecule has 1 unspecified atom stereocenters. The molecule has 0 radical (unpaired) electrons. The predicted octanol–water partition coefficient (Wildman–Crippen LogP) is 2.00. The predicted molar refractivity (Wildman–Crippen MR) is 116 cm³/mol. The van der Waals surface area contributed by atoms with Crippen molar-refractivity contribution < 1.29 is 4.74 Å². The Bertz CT molecular complexity index is 927. The second-order valence-corrected chi connectivity index (χ2v) is 6.71. The maximum Gasteiger partial charge on any atom is 0.184 e. The van der Waals surface area contributed by atoms with Gasteiger partial charge in [0.05, 0.1) is 30.3 Å². The van der Waals surface area contributed by atoms with Crippen LogP contribution in [0.1, 0.15) is 30.4 Å². The molecule has 1 fully saturated rings. The smallest absolute Gasteiger partial charge is 0.184 e. The van der Waals surface area contributed by atoms with Gasteiger partial charge in [0, 0.05) is 18.8 Å². The monoisotopic (exact) mass is 427 g/mol. The van der Waals surface area contributed by atoms with E-state index in [1.54, 1.807) is 0 Å². The number of benzene rings is 1. The van der Waals surface area contributed by atoms with Crippen molar-refractivity contribution in [2.24, 2.45) is 11.5 Å². The van der Waals surface area contributed by atoms with E-state index in [-0.39, 0.29) is 30.9 Å². The molecule has 3 aromatic rings. The first kappa shape index (κ1) is 22.6. The highest BCUT2D eigenvalue weighted by molar-refractivity contribution is 5.85. The molecule has 28 heavy (non-hydrogen) atoms. The number of morpholine rings is 1. The Kier molecular flexibility index (Phi) is 7.79. The Hall–Kier alpha value is -1.71. The van der Waals surface area contributed by atoms with Crippen LogP contribution in [0.5, 0.6) is 0 Å². The molecule has 2 aromatic heterocycles. The van der Waals surface area contributed by atoms with Crippen molar-refractivity contribution >= 4 is 47.2 Å². The average Bonchev–Trinajstić information content (AvgIpc) is 3.07. The van der Waals surface area contributed by atoms with Crippen LogP contribution >= 0.6 is 24.8 Å². The molecule has 1 atom stereocenters. The third kappa shape index (κ3) is 4.16. The molecule has 0 aliphatic carbocycles. The van der Waals surface area contributed by atoms with E-state index in [4.69, 9.17) is 21.2 Å². The van der Waals surface area contributed by atoms with Crippen molar-refractivity contribution in [3.05, 3.63) is 29.7 Å². The maximum atomic E-state index is 6.40. The van der Waals surface area contributed by atoms with Gasteiger partial charge in [-0.05, 0) is 44.5 Å². The number of ether oxygens (including phenoxy) is 1. The Labute approximate surface area is 176 Å². The fourth-order valence-corrected chi connectivity index (χ4v) is 3.53. The van der Waals surface area contributed by atoms with Gasteiger partial charge >= 0.3 is 0 Å². The summed E-state index contributed by atoms with van der Waals surface area (Å²) in [6, 6.07) is 6.13. The maximum absolute atomic E-state index is 6.40. The second-order valence-electron chi connectivity index (χ2n) is 6.71. The van der Waals surface area contributed by atoms with Gasteiger partial charge in [-0.3, -0.25) is 4.40 Å². The van der Waals surface area contributed by atoms with Gasteiger partial charge in [0.1, 0.15) is 11.5 Å². The van der Waals surface area contributed by atoms with E-state index in [1.165, 1.54) is 0 Å². The molecule has 8 nitrogen and oxygen atoms in total. The fraction of sp³-hybridized carbons (Fsp3) is 0.500. The second kappa shape index (κ2) is 9.67. The van der Waals surface area contributed by atoms with Crippen LogP contribution in [0.15, 0.2) is 18.2 Å². The summed E-state index contributed by atoms with van der Waals surface area (Å²) in [5, 5.41) is 8.57. The Morgan fingerprint density at radius 2 is 1.93 bits per heavy atom. The molecule has 154 valence electrons. The summed E-state index contributed by atoms with van der Waals surface area (Å²) in [4.78, 5) is 7.20. The molecule has 0 bridgehead atoms. The molecule has 1 aliphatic rings. The first-order valence-electron chi connectivity index (χ1n) is 9.13. The molecule has 4 rings (SSSR count). The first-order valence-corrected chi connectivity index (χ1v) is 9.13. The lowest BCUT2D eigenvalue weighted by atomic mass is 10.1. The number of nitrogens with two attached hydrogens (primary N) is 2. The van der Waals surface area contributed by atoms with Gasteiger partial charge in [-0.2, -0.15) is 0 Å². The van der Waals surface area contributed by atoms with Crippen LogP contribution < -0.4 is 16.4 Å². The van der Waals surface area contributed by atoms with E-state index in [9.17, 15) is 0 Å². The molecule has 10 heteroatoms. The summed E-state index contributed by atoms with van der Waals surface area (Å²) >= 11 is 0. The van der Waals surface area contributed by atoms with Crippen molar-refractivity contribution in [2.45, 2.75) is 25.8 Å². The van der Waals surface area contributed by atoms with E-state index in [1.807, 2.05) is 11.3 Å². The number of hydrogen-bond donors (Lipinski definition) is 2. The summed E-state index contributed by atoms with van der Waals surface area (Å²) in [5.41, 5.74) is 16.6. The number of fused-ring (bicyclic) bond motifs is 3. The summed E-state index contributed by atoms with van der Waals surface area (Å²) in [7, 11) is 0. The third-order valence-electron chi connectivity index (χ3n) is 4.94. The van der Waals surface area contributed by atoms with E-state index in [0.717, 1.165) is 73.0 Å². The Morgan fingerprint density at radius 3 is 2.64 bits per heavy atom. The summed E-state index contributed by atoms with van der Waals surface area (Å²) < 4.78 is 7.50. The molecule has 1 aliphatic heterocycles. The van der Waals surface area contributed by atoms with Crippen LogP contribution in [0, 0.1) is 6.92 Å².